The summed E-state index contributed by atoms with van der Waals surface area (Å²) in [6.07, 6.45) is 3.54. The summed E-state index contributed by atoms with van der Waals surface area (Å²) >= 11 is 3.48. The second-order valence-corrected chi connectivity index (χ2v) is 3.49. The number of nitrogens with zero attached hydrogens (tertiary/aromatic N) is 2. The maximum atomic E-state index is 4.34. The fourth-order valence-electron chi connectivity index (χ4n) is 1.16. The highest BCUT2D eigenvalue weighted by Gasteiger charge is 1.99. The number of hydrogen-bond acceptors (Lipinski definition) is 2. The minimum atomic E-state index is 0.935. The minimum Gasteiger partial charge on any atom is -0.262 e. The van der Waals surface area contributed by atoms with Gasteiger partial charge in [0, 0.05) is 21.7 Å². The highest BCUT2D eigenvalue weighted by Crippen LogP contribution is 2.21. The largest absolute Gasteiger partial charge is 0.262 e. The lowest BCUT2D eigenvalue weighted by Gasteiger charge is -1.99. The average molecular weight is 223 g/mol. The van der Waals surface area contributed by atoms with Crippen molar-refractivity contribution in [2.24, 2.45) is 0 Å². The molecule has 12 heavy (non-hydrogen) atoms. The molecule has 0 aliphatic carbocycles. The third-order valence-electron chi connectivity index (χ3n) is 1.69. The minimum absolute atomic E-state index is 0.935. The zero-order valence-electron chi connectivity index (χ0n) is 6.58. The van der Waals surface area contributed by atoms with Crippen LogP contribution in [0.4, 0.5) is 0 Å². The molecule has 3 heteroatoms. The number of halogens is 1. The standard InChI is InChI=1S/C9H7BrN2/c1-6-4-8(10)7-2-3-11-5-9(7)12-6/h2-5H,1H3. The van der Waals surface area contributed by atoms with E-state index in [0.717, 1.165) is 21.1 Å². The number of aryl methyl sites for hydroxylation is 1. The van der Waals surface area contributed by atoms with Gasteiger partial charge in [-0.3, -0.25) is 9.97 Å². The summed E-state index contributed by atoms with van der Waals surface area (Å²) in [7, 11) is 0. The quantitative estimate of drug-likeness (QED) is 0.686. The van der Waals surface area contributed by atoms with Crippen LogP contribution >= 0.6 is 15.9 Å². The molecular weight excluding hydrogens is 216 g/mol. The van der Waals surface area contributed by atoms with Gasteiger partial charge < -0.3 is 0 Å². The lowest BCUT2D eigenvalue weighted by Crippen LogP contribution is -1.85. The molecule has 0 spiro atoms. The Balaban J connectivity index is 2.89. The summed E-state index contributed by atoms with van der Waals surface area (Å²) in [4.78, 5) is 8.36. The van der Waals surface area contributed by atoms with Gasteiger partial charge in [0.05, 0.1) is 11.7 Å². The van der Waals surface area contributed by atoms with Gasteiger partial charge in [-0.1, -0.05) is 15.9 Å². The molecule has 0 aliphatic heterocycles. The van der Waals surface area contributed by atoms with Crippen molar-refractivity contribution in [2.45, 2.75) is 6.92 Å². The smallest absolute Gasteiger partial charge is 0.0899 e. The molecule has 0 radical (unpaired) electrons. The fraction of sp³-hybridized carbons (Fsp3) is 0.111. The molecule has 0 aromatic carbocycles. The highest BCUT2D eigenvalue weighted by atomic mass is 79.9. The van der Waals surface area contributed by atoms with Gasteiger partial charge in [0.2, 0.25) is 0 Å². The number of hydrogen-bond donors (Lipinski definition) is 0. The molecule has 2 nitrogen and oxygen atoms in total. The van der Waals surface area contributed by atoms with E-state index in [1.165, 1.54) is 0 Å². The SMILES string of the molecule is Cc1cc(Br)c2ccncc2n1. The van der Waals surface area contributed by atoms with E-state index in [-0.39, 0.29) is 0 Å². The zero-order valence-corrected chi connectivity index (χ0v) is 8.17. The molecule has 0 atom stereocenters. The summed E-state index contributed by atoms with van der Waals surface area (Å²) in [5, 5.41) is 1.11. The molecular formula is C9H7BrN2. The Morgan fingerprint density at radius 3 is 3.08 bits per heavy atom. The summed E-state index contributed by atoms with van der Waals surface area (Å²) < 4.78 is 1.08. The molecule has 0 N–H and O–H groups in total. The third-order valence-corrected chi connectivity index (χ3v) is 2.35. The maximum Gasteiger partial charge on any atom is 0.0899 e. The highest BCUT2D eigenvalue weighted by molar-refractivity contribution is 9.10. The molecule has 0 saturated carbocycles. The van der Waals surface area contributed by atoms with E-state index in [4.69, 9.17) is 0 Å². The number of fused-ring (bicyclic) bond motifs is 1. The van der Waals surface area contributed by atoms with Crippen molar-refractivity contribution in [1.29, 1.82) is 0 Å². The van der Waals surface area contributed by atoms with Crippen LogP contribution in [0.2, 0.25) is 0 Å². The first-order chi connectivity index (χ1) is 5.77. The molecule has 0 amide bonds. The molecule has 60 valence electrons. The van der Waals surface area contributed by atoms with E-state index in [9.17, 15) is 0 Å². The topological polar surface area (TPSA) is 25.8 Å². The molecule has 0 fully saturated rings. The Bertz CT molecular complexity index is 426. The van der Waals surface area contributed by atoms with E-state index in [1.54, 1.807) is 12.4 Å². The van der Waals surface area contributed by atoms with Gasteiger partial charge >= 0.3 is 0 Å². The van der Waals surface area contributed by atoms with E-state index >= 15 is 0 Å². The van der Waals surface area contributed by atoms with Gasteiger partial charge in [-0.05, 0) is 19.1 Å². The van der Waals surface area contributed by atoms with Crippen LogP contribution in [0.3, 0.4) is 0 Å². The summed E-state index contributed by atoms with van der Waals surface area (Å²) in [6.45, 7) is 1.97. The Kier molecular flexibility index (Phi) is 1.81. The molecule has 2 aromatic rings. The summed E-state index contributed by atoms with van der Waals surface area (Å²) in [5.74, 6) is 0. The van der Waals surface area contributed by atoms with Crippen LogP contribution < -0.4 is 0 Å². The van der Waals surface area contributed by atoms with Crippen LogP contribution in [-0.4, -0.2) is 9.97 Å². The van der Waals surface area contributed by atoms with Crippen LogP contribution in [0.25, 0.3) is 10.9 Å². The monoisotopic (exact) mass is 222 g/mol. The lowest BCUT2D eigenvalue weighted by molar-refractivity contribution is 1.22. The predicted octanol–water partition coefficient (Wildman–Crippen LogP) is 2.70. The maximum absolute atomic E-state index is 4.34. The van der Waals surface area contributed by atoms with Crippen molar-refractivity contribution in [3.63, 3.8) is 0 Å². The molecule has 0 unspecified atom stereocenters. The van der Waals surface area contributed by atoms with Crippen LogP contribution in [0.1, 0.15) is 5.69 Å². The van der Waals surface area contributed by atoms with Gasteiger partial charge in [-0.2, -0.15) is 0 Å². The van der Waals surface area contributed by atoms with Crippen molar-refractivity contribution in [3.05, 3.63) is 34.7 Å². The molecule has 0 saturated heterocycles. The van der Waals surface area contributed by atoms with Gasteiger partial charge in [0.25, 0.3) is 0 Å². The Morgan fingerprint density at radius 2 is 2.25 bits per heavy atom. The van der Waals surface area contributed by atoms with Gasteiger partial charge in [0.15, 0.2) is 0 Å². The van der Waals surface area contributed by atoms with E-state index in [2.05, 4.69) is 25.9 Å². The van der Waals surface area contributed by atoms with Crippen molar-refractivity contribution < 1.29 is 0 Å². The second kappa shape index (κ2) is 2.83. The number of pyridine rings is 2. The van der Waals surface area contributed by atoms with Crippen molar-refractivity contribution in [1.82, 2.24) is 9.97 Å². The average Bonchev–Trinajstić information content (AvgIpc) is 2.04. The van der Waals surface area contributed by atoms with Crippen LogP contribution in [0.15, 0.2) is 29.0 Å². The van der Waals surface area contributed by atoms with Crippen molar-refractivity contribution in [3.8, 4) is 0 Å². The molecule has 0 aliphatic rings. The second-order valence-electron chi connectivity index (χ2n) is 2.64. The number of rotatable bonds is 0. The predicted molar refractivity (Wildman–Crippen MR) is 52.0 cm³/mol. The van der Waals surface area contributed by atoms with Gasteiger partial charge in [-0.15, -0.1) is 0 Å². The first-order valence-electron chi connectivity index (χ1n) is 3.64. The molecule has 2 heterocycles. The van der Waals surface area contributed by atoms with E-state index in [0.29, 0.717) is 0 Å². The Morgan fingerprint density at radius 1 is 1.42 bits per heavy atom. The third kappa shape index (κ3) is 1.20. The first-order valence-corrected chi connectivity index (χ1v) is 4.43. The zero-order chi connectivity index (χ0) is 8.55. The van der Waals surface area contributed by atoms with Gasteiger partial charge in [0.1, 0.15) is 0 Å². The summed E-state index contributed by atoms with van der Waals surface area (Å²) in [6, 6.07) is 3.95. The first kappa shape index (κ1) is 7.68. The van der Waals surface area contributed by atoms with Crippen LogP contribution in [0.5, 0.6) is 0 Å². The van der Waals surface area contributed by atoms with Crippen molar-refractivity contribution in [2.75, 3.05) is 0 Å². The molecule has 2 aromatic heterocycles. The van der Waals surface area contributed by atoms with Crippen LogP contribution in [-0.2, 0) is 0 Å². The van der Waals surface area contributed by atoms with E-state index in [1.807, 2.05) is 19.1 Å². The number of aromatic nitrogens is 2. The fourth-order valence-corrected chi connectivity index (χ4v) is 1.83. The van der Waals surface area contributed by atoms with Crippen molar-refractivity contribution >= 4 is 26.8 Å². The summed E-state index contributed by atoms with van der Waals surface area (Å²) in [5.41, 5.74) is 1.94. The Hall–Kier alpha value is -0.960. The lowest BCUT2D eigenvalue weighted by atomic mass is 10.2. The van der Waals surface area contributed by atoms with Gasteiger partial charge in [-0.25, -0.2) is 0 Å². The molecule has 2 rings (SSSR count). The Labute approximate surface area is 78.8 Å². The molecule has 0 bridgehead atoms. The van der Waals surface area contributed by atoms with Crippen LogP contribution in [0, 0.1) is 6.92 Å². The van der Waals surface area contributed by atoms with E-state index < -0.39 is 0 Å². The normalized spacial score (nSPS) is 10.5.